The number of fused-ring (bicyclic) bond motifs is 1. The standard InChI is InChI=1S/C20H22N4O2/c1-23(19(25)10-8-14-7-9-18(21)22-11-14)12-15-13-24(2)20-16(15)5-4-6-17(20)26-3/h4-11,13H,12H2,1-3H3,(H2,21,22)/b10-8+. The van der Waals surface area contributed by atoms with Crippen LogP contribution in [0.25, 0.3) is 17.0 Å². The smallest absolute Gasteiger partial charge is 0.246 e. The highest BCUT2D eigenvalue weighted by Gasteiger charge is 2.14. The maximum atomic E-state index is 12.4. The van der Waals surface area contributed by atoms with Gasteiger partial charge in [0.15, 0.2) is 0 Å². The van der Waals surface area contributed by atoms with Crippen molar-refractivity contribution < 1.29 is 9.53 Å². The van der Waals surface area contributed by atoms with Crippen molar-refractivity contribution in [2.75, 3.05) is 19.9 Å². The van der Waals surface area contributed by atoms with Gasteiger partial charge < -0.3 is 19.9 Å². The number of nitrogen functional groups attached to an aromatic ring is 1. The van der Waals surface area contributed by atoms with Crippen LogP contribution in [-0.4, -0.2) is 34.5 Å². The van der Waals surface area contributed by atoms with Gasteiger partial charge in [0.2, 0.25) is 5.91 Å². The molecule has 0 atom stereocenters. The molecular weight excluding hydrogens is 328 g/mol. The number of nitrogens with two attached hydrogens (primary N) is 1. The summed E-state index contributed by atoms with van der Waals surface area (Å²) in [5.74, 6) is 1.19. The zero-order valence-corrected chi connectivity index (χ0v) is 15.1. The van der Waals surface area contributed by atoms with Crippen LogP contribution in [0.15, 0.2) is 48.8 Å². The van der Waals surface area contributed by atoms with Crippen molar-refractivity contribution in [3.05, 3.63) is 59.9 Å². The Morgan fingerprint density at radius 3 is 2.85 bits per heavy atom. The molecule has 0 bridgehead atoms. The van der Waals surface area contributed by atoms with E-state index in [1.54, 1.807) is 43.5 Å². The van der Waals surface area contributed by atoms with Gasteiger partial charge in [-0.3, -0.25) is 4.79 Å². The number of para-hydroxylation sites is 1. The first-order valence-corrected chi connectivity index (χ1v) is 8.25. The third kappa shape index (κ3) is 3.54. The van der Waals surface area contributed by atoms with Gasteiger partial charge in [0.1, 0.15) is 11.6 Å². The van der Waals surface area contributed by atoms with E-state index in [1.165, 1.54) is 0 Å². The number of carbonyl (C=O) groups excluding carboxylic acids is 1. The molecule has 3 aromatic rings. The van der Waals surface area contributed by atoms with Gasteiger partial charge in [-0.1, -0.05) is 12.1 Å². The molecule has 1 amide bonds. The predicted octanol–water partition coefficient (Wildman–Crippen LogP) is 2.84. The van der Waals surface area contributed by atoms with Crippen molar-refractivity contribution in [3.63, 3.8) is 0 Å². The largest absolute Gasteiger partial charge is 0.495 e. The van der Waals surface area contributed by atoms with Gasteiger partial charge in [-0.25, -0.2) is 4.98 Å². The van der Waals surface area contributed by atoms with E-state index < -0.39 is 0 Å². The highest BCUT2D eigenvalue weighted by molar-refractivity contribution is 5.93. The number of rotatable bonds is 5. The number of anilines is 1. The summed E-state index contributed by atoms with van der Waals surface area (Å²) in [4.78, 5) is 18.1. The molecule has 0 saturated heterocycles. The Kier molecular flexibility index (Phi) is 4.93. The minimum Gasteiger partial charge on any atom is -0.495 e. The summed E-state index contributed by atoms with van der Waals surface area (Å²) in [5, 5.41) is 1.08. The Labute approximate surface area is 152 Å². The second-order valence-electron chi connectivity index (χ2n) is 6.17. The zero-order chi connectivity index (χ0) is 18.7. The first kappa shape index (κ1) is 17.5. The van der Waals surface area contributed by atoms with E-state index in [0.29, 0.717) is 12.4 Å². The number of benzene rings is 1. The summed E-state index contributed by atoms with van der Waals surface area (Å²) < 4.78 is 7.47. The van der Waals surface area contributed by atoms with Crippen LogP contribution < -0.4 is 10.5 Å². The third-order valence-electron chi connectivity index (χ3n) is 4.28. The first-order chi connectivity index (χ1) is 12.5. The van der Waals surface area contributed by atoms with Gasteiger partial charge in [-0.15, -0.1) is 0 Å². The molecule has 0 saturated carbocycles. The fraction of sp³-hybridized carbons (Fsp3) is 0.200. The molecule has 0 spiro atoms. The van der Waals surface area contributed by atoms with E-state index in [-0.39, 0.29) is 5.91 Å². The quantitative estimate of drug-likeness (QED) is 0.718. The van der Waals surface area contributed by atoms with Crippen molar-refractivity contribution in [1.82, 2.24) is 14.5 Å². The number of aromatic nitrogens is 2. The molecular formula is C20H22N4O2. The zero-order valence-electron chi connectivity index (χ0n) is 15.1. The van der Waals surface area contributed by atoms with Crippen LogP contribution in [-0.2, 0) is 18.4 Å². The van der Waals surface area contributed by atoms with Gasteiger partial charge in [0.25, 0.3) is 0 Å². The fourth-order valence-corrected chi connectivity index (χ4v) is 2.95. The summed E-state index contributed by atoms with van der Waals surface area (Å²) in [5.41, 5.74) is 8.48. The summed E-state index contributed by atoms with van der Waals surface area (Å²) in [6.07, 6.45) is 6.94. The van der Waals surface area contributed by atoms with E-state index in [1.807, 2.05) is 42.1 Å². The number of carbonyl (C=O) groups is 1. The highest BCUT2D eigenvalue weighted by Crippen LogP contribution is 2.29. The maximum Gasteiger partial charge on any atom is 0.246 e. The third-order valence-corrected chi connectivity index (χ3v) is 4.28. The number of ether oxygens (including phenoxy) is 1. The van der Waals surface area contributed by atoms with Crippen molar-refractivity contribution >= 4 is 28.7 Å². The number of amides is 1. The van der Waals surface area contributed by atoms with E-state index in [2.05, 4.69) is 4.98 Å². The lowest BCUT2D eigenvalue weighted by molar-refractivity contribution is -0.125. The van der Waals surface area contributed by atoms with E-state index in [9.17, 15) is 4.79 Å². The molecule has 0 aliphatic carbocycles. The molecule has 0 radical (unpaired) electrons. The molecule has 6 nitrogen and oxygen atoms in total. The minimum atomic E-state index is -0.0817. The molecule has 3 rings (SSSR count). The highest BCUT2D eigenvalue weighted by atomic mass is 16.5. The molecule has 0 aliphatic heterocycles. The Morgan fingerprint density at radius 1 is 1.35 bits per heavy atom. The van der Waals surface area contributed by atoms with Crippen LogP contribution in [0.3, 0.4) is 0 Å². The van der Waals surface area contributed by atoms with Crippen molar-refractivity contribution in [2.24, 2.45) is 7.05 Å². The first-order valence-electron chi connectivity index (χ1n) is 8.25. The van der Waals surface area contributed by atoms with Crippen LogP contribution in [0.4, 0.5) is 5.82 Å². The van der Waals surface area contributed by atoms with Crippen LogP contribution in [0.2, 0.25) is 0 Å². The van der Waals surface area contributed by atoms with Gasteiger partial charge in [0, 0.05) is 44.5 Å². The van der Waals surface area contributed by atoms with Gasteiger partial charge in [0.05, 0.1) is 12.6 Å². The molecule has 1 aromatic carbocycles. The maximum absolute atomic E-state index is 12.4. The second kappa shape index (κ2) is 7.31. The van der Waals surface area contributed by atoms with Gasteiger partial charge >= 0.3 is 0 Å². The average molecular weight is 350 g/mol. The van der Waals surface area contributed by atoms with Crippen molar-refractivity contribution in [2.45, 2.75) is 6.54 Å². The molecule has 0 fully saturated rings. The Balaban J connectivity index is 1.77. The van der Waals surface area contributed by atoms with Gasteiger partial charge in [-0.05, 0) is 35.4 Å². The molecule has 2 aromatic heterocycles. The Morgan fingerprint density at radius 2 is 2.15 bits per heavy atom. The number of likely N-dealkylation sites (N-methyl/N-ethyl adjacent to an activating group) is 1. The Hall–Kier alpha value is -3.28. The lowest BCUT2D eigenvalue weighted by atomic mass is 10.1. The average Bonchev–Trinajstić information content (AvgIpc) is 2.96. The number of hydrogen-bond donors (Lipinski definition) is 1. The minimum absolute atomic E-state index is 0.0817. The fourth-order valence-electron chi connectivity index (χ4n) is 2.95. The molecule has 26 heavy (non-hydrogen) atoms. The van der Waals surface area contributed by atoms with Crippen LogP contribution in [0.1, 0.15) is 11.1 Å². The predicted molar refractivity (Wildman–Crippen MR) is 104 cm³/mol. The lowest BCUT2D eigenvalue weighted by Gasteiger charge is -2.14. The van der Waals surface area contributed by atoms with Crippen LogP contribution in [0, 0.1) is 0 Å². The van der Waals surface area contributed by atoms with Crippen molar-refractivity contribution in [1.29, 1.82) is 0 Å². The number of hydrogen-bond acceptors (Lipinski definition) is 4. The summed E-state index contributed by atoms with van der Waals surface area (Å²) >= 11 is 0. The summed E-state index contributed by atoms with van der Waals surface area (Å²) in [7, 11) is 5.42. The molecule has 6 heteroatoms. The lowest BCUT2D eigenvalue weighted by Crippen LogP contribution is -2.24. The molecule has 134 valence electrons. The molecule has 0 aliphatic rings. The summed E-state index contributed by atoms with van der Waals surface area (Å²) in [6.45, 7) is 0.508. The molecule has 0 unspecified atom stereocenters. The second-order valence-corrected chi connectivity index (χ2v) is 6.17. The number of methoxy groups -OCH3 is 1. The number of nitrogens with zero attached hydrogens (tertiary/aromatic N) is 3. The Bertz CT molecular complexity index is 958. The monoisotopic (exact) mass is 350 g/mol. The van der Waals surface area contributed by atoms with E-state index >= 15 is 0 Å². The number of pyridine rings is 1. The summed E-state index contributed by atoms with van der Waals surface area (Å²) in [6, 6.07) is 9.46. The van der Waals surface area contributed by atoms with E-state index in [0.717, 1.165) is 27.8 Å². The molecule has 2 heterocycles. The van der Waals surface area contributed by atoms with Crippen molar-refractivity contribution in [3.8, 4) is 5.75 Å². The van der Waals surface area contributed by atoms with E-state index in [4.69, 9.17) is 10.5 Å². The van der Waals surface area contributed by atoms with Crippen LogP contribution >= 0.6 is 0 Å². The normalized spacial score (nSPS) is 11.2. The topological polar surface area (TPSA) is 73.4 Å². The van der Waals surface area contributed by atoms with Crippen LogP contribution in [0.5, 0.6) is 5.75 Å². The SMILES string of the molecule is COc1cccc2c(CN(C)C(=O)/C=C/c3ccc(N)nc3)cn(C)c12. The van der Waals surface area contributed by atoms with Gasteiger partial charge in [-0.2, -0.15) is 0 Å². The molecule has 2 N–H and O–H groups in total. The number of aryl methyl sites for hydroxylation is 1.